The van der Waals surface area contributed by atoms with Gasteiger partial charge in [0, 0.05) is 12.6 Å². The molecule has 2 aliphatic rings. The van der Waals surface area contributed by atoms with Gasteiger partial charge in [0.2, 0.25) is 0 Å². The van der Waals surface area contributed by atoms with Crippen LogP contribution in [0.15, 0.2) is 0 Å². The first-order valence-electron chi connectivity index (χ1n) is 6.52. The van der Waals surface area contributed by atoms with Crippen LogP contribution in [-0.4, -0.2) is 76.4 Å². The molecule has 0 aliphatic carbocycles. The van der Waals surface area contributed by atoms with Crippen molar-refractivity contribution in [3.8, 4) is 0 Å². The van der Waals surface area contributed by atoms with Gasteiger partial charge in [-0.25, -0.2) is 0 Å². The third-order valence-electron chi connectivity index (χ3n) is 4.31. The van der Waals surface area contributed by atoms with Gasteiger partial charge < -0.3 is 19.3 Å². The van der Waals surface area contributed by atoms with E-state index in [1.165, 1.54) is 7.11 Å². The molecular weight excluding hydrogens is 232 g/mol. The van der Waals surface area contributed by atoms with Crippen LogP contribution in [0.25, 0.3) is 0 Å². The summed E-state index contributed by atoms with van der Waals surface area (Å²) >= 11 is 0. The summed E-state index contributed by atoms with van der Waals surface area (Å²) in [5.74, 6) is 0.384. The van der Waals surface area contributed by atoms with Gasteiger partial charge in [0.15, 0.2) is 0 Å². The zero-order chi connectivity index (χ0) is 13.3. The van der Waals surface area contributed by atoms with Crippen LogP contribution in [0.5, 0.6) is 0 Å². The molecular formula is C13H24N2O3. The van der Waals surface area contributed by atoms with Crippen molar-refractivity contribution < 1.29 is 14.3 Å². The fraction of sp³-hybridized carbons (Fsp3) is 0.923. The lowest BCUT2D eigenvalue weighted by atomic mass is 9.71. The minimum absolute atomic E-state index is 0.123. The van der Waals surface area contributed by atoms with Crippen molar-refractivity contribution in [2.24, 2.45) is 11.3 Å². The molecule has 0 aromatic heterocycles. The molecule has 18 heavy (non-hydrogen) atoms. The standard InChI is InChI=1S/C13H24N2O3/c1-14(2)11(10-5-6-15(3)7-10)13(8-18-9-13)12(16)17-4/h10-11H,5-9H2,1-4H3. The van der Waals surface area contributed by atoms with E-state index in [9.17, 15) is 4.79 Å². The van der Waals surface area contributed by atoms with E-state index in [4.69, 9.17) is 9.47 Å². The van der Waals surface area contributed by atoms with Crippen LogP contribution < -0.4 is 0 Å². The molecule has 2 rings (SSSR count). The van der Waals surface area contributed by atoms with Gasteiger partial charge >= 0.3 is 5.97 Å². The minimum atomic E-state index is -0.464. The van der Waals surface area contributed by atoms with Gasteiger partial charge in [-0.3, -0.25) is 4.79 Å². The highest BCUT2D eigenvalue weighted by atomic mass is 16.5. The second kappa shape index (κ2) is 5.15. The summed E-state index contributed by atoms with van der Waals surface area (Å²) < 4.78 is 10.4. The van der Waals surface area contributed by atoms with Crippen LogP contribution >= 0.6 is 0 Å². The average molecular weight is 256 g/mol. The zero-order valence-electron chi connectivity index (χ0n) is 11.8. The largest absolute Gasteiger partial charge is 0.468 e. The van der Waals surface area contributed by atoms with Crippen molar-refractivity contribution in [3.05, 3.63) is 0 Å². The SMILES string of the molecule is COC(=O)C1(C(C2CCN(C)C2)N(C)C)COC1. The van der Waals surface area contributed by atoms with Crippen LogP contribution in [0.2, 0.25) is 0 Å². The highest BCUT2D eigenvalue weighted by Gasteiger charge is 2.56. The smallest absolute Gasteiger partial charge is 0.318 e. The van der Waals surface area contributed by atoms with Gasteiger partial charge in [-0.2, -0.15) is 0 Å². The molecule has 104 valence electrons. The molecule has 5 nitrogen and oxygen atoms in total. The van der Waals surface area contributed by atoms with Gasteiger partial charge in [0.05, 0.1) is 20.3 Å². The lowest BCUT2D eigenvalue weighted by Gasteiger charge is -2.49. The van der Waals surface area contributed by atoms with Crippen LogP contribution in [-0.2, 0) is 14.3 Å². The molecule has 0 spiro atoms. The summed E-state index contributed by atoms with van der Waals surface area (Å²) in [6.07, 6.45) is 1.14. The molecule has 2 fully saturated rings. The van der Waals surface area contributed by atoms with Gasteiger partial charge in [-0.15, -0.1) is 0 Å². The van der Waals surface area contributed by atoms with Crippen LogP contribution in [0, 0.1) is 11.3 Å². The lowest BCUT2D eigenvalue weighted by Crippen LogP contribution is -2.64. The maximum atomic E-state index is 12.2. The second-order valence-corrected chi connectivity index (χ2v) is 5.86. The van der Waals surface area contributed by atoms with Crippen LogP contribution in [0.3, 0.4) is 0 Å². The molecule has 2 unspecified atom stereocenters. The number of carbonyl (C=O) groups is 1. The van der Waals surface area contributed by atoms with Gasteiger partial charge in [-0.05, 0) is 40.0 Å². The number of ether oxygens (including phenoxy) is 2. The Balaban J connectivity index is 2.21. The van der Waals surface area contributed by atoms with E-state index in [0.29, 0.717) is 19.1 Å². The number of hydrogen-bond donors (Lipinski definition) is 0. The van der Waals surface area contributed by atoms with E-state index < -0.39 is 5.41 Å². The molecule has 0 bridgehead atoms. The van der Waals surface area contributed by atoms with Crippen molar-refractivity contribution in [1.29, 1.82) is 0 Å². The first kappa shape index (κ1) is 13.8. The van der Waals surface area contributed by atoms with Crippen molar-refractivity contribution in [3.63, 3.8) is 0 Å². The predicted octanol–water partition coefficient (Wildman–Crippen LogP) is 0.0579. The first-order chi connectivity index (χ1) is 8.51. The first-order valence-corrected chi connectivity index (χ1v) is 6.52. The molecule has 2 saturated heterocycles. The Morgan fingerprint density at radius 1 is 1.50 bits per heavy atom. The normalized spacial score (nSPS) is 29.1. The van der Waals surface area contributed by atoms with E-state index in [-0.39, 0.29) is 12.0 Å². The van der Waals surface area contributed by atoms with Crippen LogP contribution in [0.4, 0.5) is 0 Å². The Hall–Kier alpha value is -0.650. The summed E-state index contributed by atoms with van der Waals surface area (Å²) in [6, 6.07) is 0.198. The quantitative estimate of drug-likeness (QED) is 0.665. The Morgan fingerprint density at radius 3 is 2.50 bits per heavy atom. The molecule has 0 radical (unpaired) electrons. The molecule has 2 atom stereocenters. The topological polar surface area (TPSA) is 42.0 Å². The highest BCUT2D eigenvalue weighted by Crippen LogP contribution is 2.41. The predicted molar refractivity (Wildman–Crippen MR) is 68.3 cm³/mol. The number of carbonyl (C=O) groups excluding carboxylic acids is 1. The van der Waals surface area contributed by atoms with Gasteiger partial charge in [0.1, 0.15) is 5.41 Å². The maximum Gasteiger partial charge on any atom is 0.318 e. The molecule has 2 aliphatic heterocycles. The Morgan fingerprint density at radius 2 is 2.17 bits per heavy atom. The van der Waals surface area contributed by atoms with E-state index in [2.05, 4.69) is 16.8 Å². The minimum Gasteiger partial charge on any atom is -0.468 e. The number of nitrogens with zero attached hydrogens (tertiary/aromatic N) is 2. The molecule has 0 N–H and O–H groups in total. The maximum absolute atomic E-state index is 12.2. The number of esters is 1. The van der Waals surface area contributed by atoms with E-state index in [1.807, 2.05) is 14.1 Å². The summed E-state index contributed by atoms with van der Waals surface area (Å²) in [4.78, 5) is 16.7. The van der Waals surface area contributed by atoms with E-state index >= 15 is 0 Å². The van der Waals surface area contributed by atoms with Crippen molar-refractivity contribution in [2.45, 2.75) is 12.5 Å². The third kappa shape index (κ3) is 2.15. The molecule has 5 heteroatoms. The molecule has 0 aromatic rings. The van der Waals surface area contributed by atoms with Crippen molar-refractivity contribution in [1.82, 2.24) is 9.80 Å². The third-order valence-corrected chi connectivity index (χ3v) is 4.31. The fourth-order valence-corrected chi connectivity index (χ4v) is 3.53. The van der Waals surface area contributed by atoms with Crippen molar-refractivity contribution >= 4 is 5.97 Å². The van der Waals surface area contributed by atoms with Crippen molar-refractivity contribution in [2.75, 3.05) is 54.6 Å². The number of hydrogen-bond acceptors (Lipinski definition) is 5. The summed E-state index contributed by atoms with van der Waals surface area (Å²) in [5.41, 5.74) is -0.464. The molecule has 0 aromatic carbocycles. The van der Waals surface area contributed by atoms with E-state index in [1.54, 1.807) is 0 Å². The van der Waals surface area contributed by atoms with Gasteiger partial charge in [-0.1, -0.05) is 0 Å². The van der Waals surface area contributed by atoms with E-state index in [0.717, 1.165) is 19.5 Å². The van der Waals surface area contributed by atoms with Crippen LogP contribution in [0.1, 0.15) is 6.42 Å². The number of likely N-dealkylation sites (tertiary alicyclic amines) is 1. The molecule has 0 saturated carbocycles. The molecule has 2 heterocycles. The molecule has 0 amide bonds. The highest BCUT2D eigenvalue weighted by molar-refractivity contribution is 5.79. The number of rotatable bonds is 4. The summed E-state index contributed by atoms with van der Waals surface area (Å²) in [7, 11) is 7.70. The van der Waals surface area contributed by atoms with Gasteiger partial charge in [0.25, 0.3) is 0 Å². The lowest BCUT2D eigenvalue weighted by molar-refractivity contribution is -0.200. The fourth-order valence-electron chi connectivity index (χ4n) is 3.53. The second-order valence-electron chi connectivity index (χ2n) is 5.86. The average Bonchev–Trinajstić information content (AvgIpc) is 2.67. The Kier molecular flexibility index (Phi) is 3.94. The summed E-state index contributed by atoms with van der Waals surface area (Å²) in [5, 5.41) is 0. The Bertz CT molecular complexity index is 315. The Labute approximate surface area is 109 Å². The number of methoxy groups -OCH3 is 1. The monoisotopic (exact) mass is 256 g/mol. The zero-order valence-corrected chi connectivity index (χ0v) is 11.8. The summed E-state index contributed by atoms with van der Waals surface area (Å²) in [6.45, 7) is 3.13.